The summed E-state index contributed by atoms with van der Waals surface area (Å²) in [6, 6.07) is 14.6. The highest BCUT2D eigenvalue weighted by Crippen LogP contribution is 2.44. The number of aryl methyl sites for hydroxylation is 1. The molecule has 4 N–H and O–H groups in total. The van der Waals surface area contributed by atoms with Crippen molar-refractivity contribution in [2.45, 2.75) is 123 Å². The van der Waals surface area contributed by atoms with Gasteiger partial charge in [-0.25, -0.2) is 18.2 Å². The van der Waals surface area contributed by atoms with Gasteiger partial charge in [-0.3, -0.25) is 19.3 Å². The minimum atomic E-state index is -1.61. The van der Waals surface area contributed by atoms with Crippen molar-refractivity contribution < 1.29 is 46.9 Å². The van der Waals surface area contributed by atoms with Crippen molar-refractivity contribution in [2.75, 3.05) is 46.1 Å². The molecule has 0 radical (unpaired) electrons. The first-order valence-corrected chi connectivity index (χ1v) is 25.0. The van der Waals surface area contributed by atoms with Crippen molar-refractivity contribution in [3.05, 3.63) is 106 Å². The van der Waals surface area contributed by atoms with E-state index in [0.29, 0.717) is 31.6 Å². The number of aliphatic hydroxyl groups excluding tert-OH is 1. The Morgan fingerprint density at radius 3 is 2.31 bits per heavy atom. The van der Waals surface area contributed by atoms with Gasteiger partial charge in [-0.2, -0.15) is 0 Å². The minimum absolute atomic E-state index is 0.0163. The van der Waals surface area contributed by atoms with E-state index < -0.39 is 64.7 Å². The molecule has 70 heavy (non-hydrogen) atoms. The zero-order chi connectivity index (χ0) is 50.5. The Morgan fingerprint density at radius 1 is 0.957 bits per heavy atom. The number of thiazole rings is 1. The smallest absolute Gasteiger partial charge is 0.246 e. The predicted octanol–water partition coefficient (Wildman–Crippen LogP) is 8.52. The molecule has 0 saturated carbocycles. The fraction of sp³-hybridized carbons (Fsp3) is 0.509. The van der Waals surface area contributed by atoms with Crippen LogP contribution < -0.4 is 15.4 Å². The molecular formula is C53H67F3N6O7S. The number of rotatable bonds is 20. The number of nitrogens with zero attached hydrogens (tertiary/aromatic N) is 3. The number of nitrogens with one attached hydrogen (secondary N) is 3. The summed E-state index contributed by atoms with van der Waals surface area (Å²) >= 11 is 1.56. The molecule has 7 rings (SSSR count). The zero-order valence-electron chi connectivity index (χ0n) is 41.4. The van der Waals surface area contributed by atoms with E-state index in [1.54, 1.807) is 16.8 Å². The summed E-state index contributed by atoms with van der Waals surface area (Å²) < 4.78 is 64.2. The van der Waals surface area contributed by atoms with Gasteiger partial charge in [0, 0.05) is 66.5 Å². The molecule has 1 saturated heterocycles. The number of fused-ring (bicyclic) bond motifs is 3. The third-order valence-electron chi connectivity index (χ3n) is 13.0. The average Bonchev–Trinajstić information content (AvgIpc) is 4.02. The number of carbonyl (C=O) groups excluding carboxylic acids is 3. The van der Waals surface area contributed by atoms with E-state index >= 15 is 13.2 Å². The molecule has 2 aromatic heterocycles. The van der Waals surface area contributed by atoms with Crippen molar-refractivity contribution in [3.8, 4) is 16.2 Å². The van der Waals surface area contributed by atoms with Gasteiger partial charge in [0.15, 0.2) is 0 Å². The second-order valence-corrected chi connectivity index (χ2v) is 21.2. The number of hydrogen-bond donors (Lipinski definition) is 4. The molecular weight excluding hydrogens is 922 g/mol. The molecule has 3 aromatic carbocycles. The van der Waals surface area contributed by atoms with Gasteiger partial charge < -0.3 is 39.8 Å². The van der Waals surface area contributed by atoms with Crippen molar-refractivity contribution in [2.24, 2.45) is 5.41 Å². The lowest BCUT2D eigenvalue weighted by Gasteiger charge is -2.43. The van der Waals surface area contributed by atoms with Crippen LogP contribution in [0.2, 0.25) is 0 Å². The first kappa shape index (κ1) is 52.5. The number of hydrogen-bond acceptors (Lipinski definition) is 10. The second kappa shape index (κ2) is 22.4. The SMILES string of the molecule is Cc1ncsc1-c1ccc([C@H](C)NC(=O)[C@@H]2C[C@@H](O)CN2C(=O)[C@@H](NC(=O)COCCOCCCCOc2cc(F)c([C@@H]3c4[nH]c5ccccc5c4C[C@@H](C)N3CC(C)(C)F)c(F)c2)C(C)(C)C)cc1. The number of aliphatic hydroxyl groups is 1. The number of carbonyl (C=O) groups is 3. The zero-order valence-corrected chi connectivity index (χ0v) is 42.2. The van der Waals surface area contributed by atoms with E-state index in [1.165, 1.54) is 30.9 Å². The van der Waals surface area contributed by atoms with Crippen LogP contribution in [0.1, 0.15) is 108 Å². The number of benzene rings is 3. The molecule has 3 amide bonds. The monoisotopic (exact) mass is 988 g/mol. The highest BCUT2D eigenvalue weighted by molar-refractivity contribution is 7.13. The van der Waals surface area contributed by atoms with Crippen LogP contribution in [0.3, 0.4) is 0 Å². The third-order valence-corrected chi connectivity index (χ3v) is 14.0. The van der Waals surface area contributed by atoms with Crippen LogP contribution in [0.5, 0.6) is 5.75 Å². The number of aromatic nitrogens is 2. The number of alkyl halides is 1. The van der Waals surface area contributed by atoms with Gasteiger partial charge in [0.2, 0.25) is 17.7 Å². The number of aromatic amines is 1. The van der Waals surface area contributed by atoms with Gasteiger partial charge >= 0.3 is 0 Å². The van der Waals surface area contributed by atoms with Gasteiger partial charge in [-0.1, -0.05) is 63.2 Å². The Kier molecular flexibility index (Phi) is 16.8. The minimum Gasteiger partial charge on any atom is -0.493 e. The average molecular weight is 989 g/mol. The lowest BCUT2D eigenvalue weighted by Crippen LogP contribution is -2.58. The van der Waals surface area contributed by atoms with Crippen LogP contribution in [0.15, 0.2) is 66.2 Å². The maximum Gasteiger partial charge on any atom is 0.246 e. The fourth-order valence-electron chi connectivity index (χ4n) is 9.50. The molecule has 0 bridgehead atoms. The summed E-state index contributed by atoms with van der Waals surface area (Å²) in [6.45, 7) is 14.6. The van der Waals surface area contributed by atoms with E-state index in [-0.39, 0.29) is 69.3 Å². The highest BCUT2D eigenvalue weighted by Gasteiger charge is 2.45. The normalized spacial score (nSPS) is 19.5. The van der Waals surface area contributed by atoms with Crippen LogP contribution in [-0.4, -0.2) is 119 Å². The third kappa shape index (κ3) is 12.6. The molecule has 13 nitrogen and oxygen atoms in total. The Labute approximate surface area is 412 Å². The summed E-state index contributed by atoms with van der Waals surface area (Å²) in [4.78, 5) is 52.7. The molecule has 0 unspecified atom stereocenters. The number of para-hydroxylation sites is 1. The maximum absolute atomic E-state index is 16.0. The Hall–Kier alpha value is -5.33. The molecule has 2 aliphatic heterocycles. The topological polar surface area (TPSA) is 158 Å². The molecule has 4 heterocycles. The number of ether oxygens (including phenoxy) is 3. The van der Waals surface area contributed by atoms with E-state index in [4.69, 9.17) is 14.2 Å². The van der Waals surface area contributed by atoms with Crippen molar-refractivity contribution in [1.82, 2.24) is 30.4 Å². The molecule has 0 aliphatic carbocycles. The van der Waals surface area contributed by atoms with Crippen LogP contribution >= 0.6 is 11.3 Å². The Bertz CT molecular complexity index is 2590. The van der Waals surface area contributed by atoms with E-state index in [1.807, 2.05) is 95.0 Å². The van der Waals surface area contributed by atoms with Crippen LogP contribution in [0, 0.1) is 24.0 Å². The lowest BCUT2D eigenvalue weighted by molar-refractivity contribution is -0.144. The van der Waals surface area contributed by atoms with E-state index in [2.05, 4.69) is 20.6 Å². The molecule has 0 spiro atoms. The van der Waals surface area contributed by atoms with E-state index in [9.17, 15) is 19.5 Å². The summed E-state index contributed by atoms with van der Waals surface area (Å²) in [6.07, 6.45) is 0.889. The maximum atomic E-state index is 16.0. The predicted molar refractivity (Wildman–Crippen MR) is 264 cm³/mol. The van der Waals surface area contributed by atoms with Crippen LogP contribution in [-0.2, 0) is 30.3 Å². The number of unbranched alkanes of at least 4 members (excludes halogenated alkanes) is 1. The molecule has 6 atom stereocenters. The largest absolute Gasteiger partial charge is 0.493 e. The summed E-state index contributed by atoms with van der Waals surface area (Å²) in [5.74, 6) is -2.88. The molecule has 378 valence electrons. The second-order valence-electron chi connectivity index (χ2n) is 20.3. The standard InChI is InChI=1S/C53H67F3N6O7S/c1-31-23-39-38-13-9-10-14-42(38)59-46(39)47(62(31)29-53(7,8)56)45-40(54)25-37(26-41(45)55)69-20-12-11-19-67-21-22-68-28-44(64)60-49(52(4,5)6)51(66)61-27-36(63)24-43(61)50(65)58-32(2)34-15-17-35(18-16-34)48-33(3)57-30-70-48/h9-10,13-18,25-26,30-32,36,43,47,49,59,63H,11-12,19-24,27-29H2,1-8H3,(H,58,65)(H,60,64)/t31-,32+,36-,43+,47-,49-/m1/s1. The van der Waals surface area contributed by atoms with Gasteiger partial charge in [-0.05, 0) is 82.1 Å². The number of likely N-dealkylation sites (tertiary alicyclic amines) is 1. The first-order chi connectivity index (χ1) is 33.2. The van der Waals surface area contributed by atoms with Gasteiger partial charge in [0.1, 0.15) is 41.7 Å². The number of β-amino-alcohol motifs (C(OH)–C–C–N with tert-alkyl or cyclic N) is 1. The Balaban J connectivity index is 0.833. The number of halogens is 3. The molecule has 2 aliphatic rings. The lowest BCUT2D eigenvalue weighted by atomic mass is 9.85. The summed E-state index contributed by atoms with van der Waals surface area (Å²) in [5, 5.41) is 17.4. The molecule has 17 heteroatoms. The summed E-state index contributed by atoms with van der Waals surface area (Å²) in [7, 11) is 0. The number of amides is 3. The van der Waals surface area contributed by atoms with Crippen molar-refractivity contribution >= 4 is 40.0 Å². The van der Waals surface area contributed by atoms with Crippen LogP contribution in [0.25, 0.3) is 21.3 Å². The molecule has 5 aromatic rings. The van der Waals surface area contributed by atoms with Gasteiger partial charge in [0.05, 0.1) is 54.1 Å². The highest BCUT2D eigenvalue weighted by atomic mass is 32.1. The Morgan fingerprint density at radius 2 is 1.64 bits per heavy atom. The van der Waals surface area contributed by atoms with E-state index in [0.717, 1.165) is 38.2 Å². The molecule has 1 fully saturated rings. The van der Waals surface area contributed by atoms with Crippen LogP contribution in [0.4, 0.5) is 13.2 Å². The fourth-order valence-corrected chi connectivity index (χ4v) is 10.3. The van der Waals surface area contributed by atoms with Crippen molar-refractivity contribution in [1.29, 1.82) is 0 Å². The summed E-state index contributed by atoms with van der Waals surface area (Å²) in [5.41, 5.74) is 4.67. The van der Waals surface area contributed by atoms with Crippen molar-refractivity contribution in [3.63, 3.8) is 0 Å². The first-order valence-electron chi connectivity index (χ1n) is 24.1. The van der Waals surface area contributed by atoms with Gasteiger partial charge in [0.25, 0.3) is 0 Å². The number of H-pyrrole nitrogens is 1. The quantitative estimate of drug-likeness (QED) is 0.0562. The van der Waals surface area contributed by atoms with Gasteiger partial charge in [-0.15, -0.1) is 11.3 Å².